The Morgan fingerprint density at radius 3 is 2.68 bits per heavy atom. The van der Waals surface area contributed by atoms with Gasteiger partial charge in [-0.2, -0.15) is 0 Å². The molecule has 0 unspecified atom stereocenters. The molecule has 1 atom stereocenters. The molecular weight excluding hydrogens is 242 g/mol. The van der Waals surface area contributed by atoms with Crippen LogP contribution >= 0.6 is 0 Å². The number of carbonyl (C=O) groups is 1. The smallest absolute Gasteiger partial charge is 0.303 e. The molecule has 0 bridgehead atoms. The second kappa shape index (κ2) is 5.89. The largest absolute Gasteiger partial charge is 0.481 e. The molecule has 0 aliphatic rings. The zero-order chi connectivity index (χ0) is 13.7. The summed E-state index contributed by atoms with van der Waals surface area (Å²) in [5.74, 6) is -0.960. The van der Waals surface area contributed by atoms with Crippen molar-refractivity contribution in [3.05, 3.63) is 58.5 Å². The van der Waals surface area contributed by atoms with Crippen molar-refractivity contribution in [1.29, 1.82) is 0 Å². The maximum atomic E-state index is 10.7. The first kappa shape index (κ1) is 12.9. The third kappa shape index (κ3) is 3.47. The van der Waals surface area contributed by atoms with E-state index in [2.05, 4.69) is 10.0 Å². The van der Waals surface area contributed by atoms with E-state index in [9.17, 15) is 4.79 Å². The van der Waals surface area contributed by atoms with Gasteiger partial charge >= 0.3 is 5.97 Å². The molecule has 0 aliphatic carbocycles. The van der Waals surface area contributed by atoms with Crippen LogP contribution in [0.4, 0.5) is 0 Å². The van der Waals surface area contributed by atoms with Crippen molar-refractivity contribution in [2.75, 3.05) is 0 Å². The lowest BCUT2D eigenvalue weighted by atomic mass is 10.0. The Morgan fingerprint density at radius 1 is 1.26 bits per heavy atom. The predicted molar refractivity (Wildman–Crippen MR) is 72.8 cm³/mol. The van der Waals surface area contributed by atoms with E-state index in [4.69, 9.17) is 10.6 Å². The van der Waals surface area contributed by atoms with Gasteiger partial charge in [0, 0.05) is 4.91 Å². The van der Waals surface area contributed by atoms with Crippen LogP contribution in [-0.2, 0) is 11.2 Å². The fourth-order valence-electron chi connectivity index (χ4n) is 2.07. The lowest BCUT2D eigenvalue weighted by molar-refractivity contribution is -0.137. The average molecular weight is 255 g/mol. The van der Waals surface area contributed by atoms with Crippen molar-refractivity contribution < 1.29 is 9.90 Å². The summed E-state index contributed by atoms with van der Waals surface area (Å²) in [4.78, 5) is 13.4. The summed E-state index contributed by atoms with van der Waals surface area (Å²) in [6, 6.07) is 13.3. The number of rotatable bonds is 5. The molecule has 0 radical (unpaired) electrons. The van der Waals surface area contributed by atoms with E-state index >= 15 is 0 Å². The SMILES string of the molecule is [N-]=[N+]=N[C@@H](CC(=O)O)Cc1ccc2ccccc2c1. The van der Waals surface area contributed by atoms with Gasteiger partial charge in [0.15, 0.2) is 0 Å². The summed E-state index contributed by atoms with van der Waals surface area (Å²) in [7, 11) is 0. The Morgan fingerprint density at radius 2 is 2.00 bits per heavy atom. The Balaban J connectivity index is 2.23. The Bertz CT molecular complexity index is 648. The molecule has 2 aromatic rings. The van der Waals surface area contributed by atoms with Crippen LogP contribution in [-0.4, -0.2) is 17.1 Å². The van der Waals surface area contributed by atoms with Crippen LogP contribution in [0.1, 0.15) is 12.0 Å². The number of carboxylic acid groups (broad SMARTS) is 1. The molecule has 5 heteroatoms. The standard InChI is InChI=1S/C14H13N3O2/c15-17-16-13(9-14(18)19)8-10-5-6-11-3-1-2-4-12(11)7-10/h1-7,13H,8-9H2,(H,18,19)/t13-/m1/s1. The van der Waals surface area contributed by atoms with E-state index < -0.39 is 12.0 Å². The van der Waals surface area contributed by atoms with E-state index in [1.165, 1.54) is 0 Å². The number of carboxylic acids is 1. The van der Waals surface area contributed by atoms with Gasteiger partial charge in [-0.05, 0) is 28.3 Å². The third-order valence-corrected chi connectivity index (χ3v) is 2.91. The van der Waals surface area contributed by atoms with E-state index in [0.29, 0.717) is 6.42 Å². The number of aliphatic carboxylic acids is 1. The van der Waals surface area contributed by atoms with Crippen LogP contribution in [0.5, 0.6) is 0 Å². The van der Waals surface area contributed by atoms with Gasteiger partial charge in [0.25, 0.3) is 0 Å². The van der Waals surface area contributed by atoms with E-state index in [0.717, 1.165) is 16.3 Å². The van der Waals surface area contributed by atoms with E-state index in [1.807, 2.05) is 42.5 Å². The van der Waals surface area contributed by atoms with Gasteiger partial charge in [-0.25, -0.2) is 0 Å². The van der Waals surface area contributed by atoms with Crippen LogP contribution in [0.15, 0.2) is 47.6 Å². The molecule has 2 aromatic carbocycles. The maximum Gasteiger partial charge on any atom is 0.303 e. The van der Waals surface area contributed by atoms with Crippen molar-refractivity contribution in [3.63, 3.8) is 0 Å². The van der Waals surface area contributed by atoms with E-state index in [1.54, 1.807) is 0 Å². The van der Waals surface area contributed by atoms with Gasteiger partial charge in [0.2, 0.25) is 0 Å². The minimum Gasteiger partial charge on any atom is -0.481 e. The van der Waals surface area contributed by atoms with Gasteiger partial charge < -0.3 is 5.11 Å². The van der Waals surface area contributed by atoms with E-state index in [-0.39, 0.29) is 6.42 Å². The summed E-state index contributed by atoms with van der Waals surface area (Å²) in [5.41, 5.74) is 9.43. The molecule has 0 aromatic heterocycles. The number of hydrogen-bond donors (Lipinski definition) is 1. The molecule has 0 heterocycles. The summed E-state index contributed by atoms with van der Waals surface area (Å²) < 4.78 is 0. The maximum absolute atomic E-state index is 10.7. The van der Waals surface area contributed by atoms with Gasteiger partial charge in [0.05, 0.1) is 12.5 Å². The zero-order valence-electron chi connectivity index (χ0n) is 10.2. The molecule has 2 rings (SSSR count). The molecule has 1 N–H and O–H groups in total. The Hall–Kier alpha value is -2.52. The molecule has 0 saturated carbocycles. The van der Waals surface area contributed by atoms with Crippen molar-refractivity contribution in [1.82, 2.24) is 0 Å². The summed E-state index contributed by atoms with van der Waals surface area (Å²) in [6.45, 7) is 0. The lowest BCUT2D eigenvalue weighted by Gasteiger charge is -2.09. The molecule has 0 aliphatic heterocycles. The number of nitrogens with zero attached hydrogens (tertiary/aromatic N) is 3. The van der Waals surface area contributed by atoms with Crippen molar-refractivity contribution in [2.45, 2.75) is 18.9 Å². The average Bonchev–Trinajstić information content (AvgIpc) is 2.38. The minimum atomic E-state index is -0.960. The zero-order valence-corrected chi connectivity index (χ0v) is 10.2. The fraction of sp³-hybridized carbons (Fsp3) is 0.214. The number of azide groups is 1. The number of benzene rings is 2. The van der Waals surface area contributed by atoms with Crippen LogP contribution in [0.2, 0.25) is 0 Å². The Kier molecular flexibility index (Phi) is 4.00. The summed E-state index contributed by atoms with van der Waals surface area (Å²) in [5, 5.41) is 14.5. The molecular formula is C14H13N3O2. The second-order valence-corrected chi connectivity index (χ2v) is 4.34. The lowest BCUT2D eigenvalue weighted by Crippen LogP contribution is -2.13. The highest BCUT2D eigenvalue weighted by molar-refractivity contribution is 5.83. The molecule has 5 nitrogen and oxygen atoms in total. The van der Waals surface area contributed by atoms with Crippen molar-refractivity contribution >= 4 is 16.7 Å². The molecule has 0 fully saturated rings. The molecule has 0 saturated heterocycles. The first-order chi connectivity index (χ1) is 9.19. The quantitative estimate of drug-likeness (QED) is 0.503. The predicted octanol–water partition coefficient (Wildman–Crippen LogP) is 3.54. The minimum absolute atomic E-state index is 0.156. The van der Waals surface area contributed by atoms with Gasteiger partial charge in [0.1, 0.15) is 0 Å². The van der Waals surface area contributed by atoms with Crippen molar-refractivity contribution in [2.24, 2.45) is 5.11 Å². The van der Waals surface area contributed by atoms with Gasteiger partial charge in [-0.15, -0.1) is 0 Å². The first-order valence-electron chi connectivity index (χ1n) is 5.92. The third-order valence-electron chi connectivity index (χ3n) is 2.91. The van der Waals surface area contributed by atoms with Gasteiger partial charge in [-0.1, -0.05) is 47.6 Å². The van der Waals surface area contributed by atoms with Crippen molar-refractivity contribution in [3.8, 4) is 0 Å². The highest BCUT2D eigenvalue weighted by Crippen LogP contribution is 2.18. The Labute approximate surface area is 110 Å². The van der Waals surface area contributed by atoms with Gasteiger partial charge in [-0.3, -0.25) is 4.79 Å². The number of hydrogen-bond acceptors (Lipinski definition) is 2. The van der Waals surface area contributed by atoms with Crippen LogP contribution in [0.3, 0.4) is 0 Å². The first-order valence-corrected chi connectivity index (χ1v) is 5.92. The van der Waals surface area contributed by atoms with Crippen LogP contribution in [0.25, 0.3) is 21.2 Å². The molecule has 19 heavy (non-hydrogen) atoms. The van der Waals surface area contributed by atoms with Crippen LogP contribution in [0, 0.1) is 0 Å². The highest BCUT2D eigenvalue weighted by Gasteiger charge is 2.12. The highest BCUT2D eigenvalue weighted by atomic mass is 16.4. The second-order valence-electron chi connectivity index (χ2n) is 4.34. The van der Waals surface area contributed by atoms with Crippen LogP contribution < -0.4 is 0 Å². The molecule has 0 amide bonds. The normalized spacial score (nSPS) is 11.8. The fourth-order valence-corrected chi connectivity index (χ4v) is 2.07. The summed E-state index contributed by atoms with van der Waals surface area (Å²) >= 11 is 0. The molecule has 96 valence electrons. The number of fused-ring (bicyclic) bond motifs is 1. The monoisotopic (exact) mass is 255 g/mol. The topological polar surface area (TPSA) is 86.1 Å². The molecule has 0 spiro atoms. The summed E-state index contributed by atoms with van der Waals surface area (Å²) in [6.07, 6.45) is 0.276.